The fraction of sp³-hybridized carbons (Fsp3) is 0.240. The summed E-state index contributed by atoms with van der Waals surface area (Å²) in [7, 11) is -3.67. The van der Waals surface area contributed by atoms with Gasteiger partial charge in [0.15, 0.2) is 5.96 Å². The van der Waals surface area contributed by atoms with Crippen LogP contribution in [0.2, 0.25) is 0 Å². The molecule has 0 atom stereocenters. The molecule has 0 heterocycles. The van der Waals surface area contributed by atoms with E-state index in [9.17, 15) is 8.42 Å². The molecule has 176 valence electrons. The number of guanidine groups is 1. The van der Waals surface area contributed by atoms with Gasteiger partial charge < -0.3 is 15.4 Å². The van der Waals surface area contributed by atoms with Gasteiger partial charge in [0, 0.05) is 17.4 Å². The molecule has 7 nitrogen and oxygen atoms in total. The second-order valence-corrected chi connectivity index (χ2v) is 9.95. The van der Waals surface area contributed by atoms with Crippen LogP contribution in [-0.2, 0) is 22.1 Å². The first-order chi connectivity index (χ1) is 15.4. The Labute approximate surface area is 196 Å². The minimum Gasteiger partial charge on any atom is -0.489 e. The van der Waals surface area contributed by atoms with Crippen molar-refractivity contribution in [3.05, 3.63) is 90.0 Å². The molecule has 3 aromatic carbocycles. The first kappa shape index (κ1) is 25.9. The van der Waals surface area contributed by atoms with Crippen molar-refractivity contribution < 1.29 is 17.7 Å². The molecule has 8 heteroatoms. The van der Waals surface area contributed by atoms with E-state index in [0.717, 1.165) is 22.7 Å². The van der Waals surface area contributed by atoms with Crippen molar-refractivity contribution in [1.29, 1.82) is 5.41 Å². The Morgan fingerprint density at radius 1 is 0.909 bits per heavy atom. The van der Waals surface area contributed by atoms with Gasteiger partial charge in [-0.05, 0) is 40.8 Å². The Morgan fingerprint density at radius 2 is 1.48 bits per heavy atom. The molecule has 0 amide bonds. The van der Waals surface area contributed by atoms with Crippen molar-refractivity contribution in [2.75, 3.05) is 16.9 Å². The molecule has 3 rings (SSSR count). The van der Waals surface area contributed by atoms with Gasteiger partial charge in [0.25, 0.3) is 10.1 Å². The molecule has 0 aliphatic heterocycles. The maximum atomic E-state index is 9.19. The van der Waals surface area contributed by atoms with Crippen molar-refractivity contribution in [2.45, 2.75) is 32.8 Å². The van der Waals surface area contributed by atoms with E-state index in [2.05, 4.69) is 43.5 Å². The van der Waals surface area contributed by atoms with Gasteiger partial charge in [-0.2, -0.15) is 8.42 Å². The molecule has 0 radical (unpaired) electrons. The zero-order valence-electron chi connectivity index (χ0n) is 19.3. The van der Waals surface area contributed by atoms with Crippen LogP contribution in [0.15, 0.2) is 78.9 Å². The van der Waals surface area contributed by atoms with Crippen LogP contribution in [-0.4, -0.2) is 25.2 Å². The standard InChI is InChI=1S/C24H27N3O.CH4O3S/c1-24(2,3)19-12-14-20(15-13-19)26-23(25)27-21-10-7-11-22(16-21)28-17-18-8-5-4-6-9-18;1-5(2,3)4/h4-16H,17H2,1-3H3,(H3,25,26,27);1H3,(H,2,3,4). The van der Waals surface area contributed by atoms with Crippen molar-refractivity contribution in [2.24, 2.45) is 0 Å². The van der Waals surface area contributed by atoms with Crippen LogP contribution < -0.4 is 15.4 Å². The summed E-state index contributed by atoms with van der Waals surface area (Å²) in [5.41, 5.74) is 4.18. The number of anilines is 2. The molecule has 4 N–H and O–H groups in total. The van der Waals surface area contributed by atoms with Gasteiger partial charge in [0.05, 0.1) is 6.26 Å². The molecule has 0 saturated heterocycles. The van der Waals surface area contributed by atoms with Crippen LogP contribution in [0.4, 0.5) is 11.4 Å². The van der Waals surface area contributed by atoms with E-state index < -0.39 is 10.1 Å². The van der Waals surface area contributed by atoms with Crippen molar-refractivity contribution >= 4 is 27.5 Å². The second-order valence-electron chi connectivity index (χ2n) is 8.49. The smallest absolute Gasteiger partial charge is 0.261 e. The molecule has 0 spiro atoms. The zero-order chi connectivity index (χ0) is 24.5. The lowest BCUT2D eigenvalue weighted by Crippen LogP contribution is -2.20. The molecule has 0 saturated carbocycles. The fourth-order valence-electron chi connectivity index (χ4n) is 2.78. The Hall–Kier alpha value is -3.36. The highest BCUT2D eigenvalue weighted by Crippen LogP contribution is 2.24. The predicted molar refractivity (Wildman–Crippen MR) is 135 cm³/mol. The quantitative estimate of drug-likeness (QED) is 0.222. The maximum Gasteiger partial charge on any atom is 0.261 e. The van der Waals surface area contributed by atoms with Crippen molar-refractivity contribution in [3.8, 4) is 5.75 Å². The fourth-order valence-corrected chi connectivity index (χ4v) is 2.78. The number of benzene rings is 3. The van der Waals surface area contributed by atoms with Crippen molar-refractivity contribution in [1.82, 2.24) is 0 Å². The van der Waals surface area contributed by atoms with Crippen LogP contribution in [0.25, 0.3) is 0 Å². The summed E-state index contributed by atoms with van der Waals surface area (Å²) in [6, 6.07) is 25.9. The Bertz CT molecular complexity index is 1130. The van der Waals surface area contributed by atoms with Gasteiger partial charge in [-0.1, -0.05) is 69.3 Å². The number of ether oxygens (including phenoxy) is 1. The van der Waals surface area contributed by atoms with Gasteiger partial charge in [0.2, 0.25) is 0 Å². The average molecular weight is 470 g/mol. The lowest BCUT2D eigenvalue weighted by atomic mass is 9.87. The van der Waals surface area contributed by atoms with Gasteiger partial charge in [0.1, 0.15) is 12.4 Å². The largest absolute Gasteiger partial charge is 0.489 e. The van der Waals surface area contributed by atoms with E-state index in [1.54, 1.807) is 0 Å². The topological polar surface area (TPSA) is 112 Å². The number of hydrogen-bond donors (Lipinski definition) is 4. The molecule has 0 aliphatic rings. The van der Waals surface area contributed by atoms with Gasteiger partial charge in [-0.15, -0.1) is 0 Å². The summed E-state index contributed by atoms with van der Waals surface area (Å²) in [5, 5.41) is 14.3. The molecule has 0 aliphatic carbocycles. The second kappa shape index (κ2) is 11.5. The van der Waals surface area contributed by atoms with E-state index in [-0.39, 0.29) is 11.4 Å². The van der Waals surface area contributed by atoms with Crippen LogP contribution in [0, 0.1) is 5.41 Å². The summed E-state index contributed by atoms with van der Waals surface area (Å²) in [4.78, 5) is 0. The van der Waals surface area contributed by atoms with E-state index in [1.807, 2.05) is 66.7 Å². The summed E-state index contributed by atoms with van der Waals surface area (Å²) in [6.07, 6.45) is 0.715. The van der Waals surface area contributed by atoms with E-state index in [4.69, 9.17) is 14.7 Å². The lowest BCUT2D eigenvalue weighted by Gasteiger charge is -2.19. The third-order valence-corrected chi connectivity index (χ3v) is 4.37. The van der Waals surface area contributed by atoms with Gasteiger partial charge in [-0.25, -0.2) is 0 Å². The minimum atomic E-state index is -3.67. The van der Waals surface area contributed by atoms with Gasteiger partial charge >= 0.3 is 0 Å². The first-order valence-corrected chi connectivity index (χ1v) is 12.2. The monoisotopic (exact) mass is 469 g/mol. The molecular weight excluding hydrogens is 438 g/mol. The maximum absolute atomic E-state index is 9.19. The SMILES string of the molecule is CC(C)(C)c1ccc(NC(=N)Nc2cccc(OCc3ccccc3)c2)cc1.CS(=O)(=O)O. The summed E-state index contributed by atoms with van der Waals surface area (Å²) in [5.74, 6) is 0.972. The molecule has 0 aromatic heterocycles. The first-order valence-electron chi connectivity index (χ1n) is 10.3. The van der Waals surface area contributed by atoms with Crippen LogP contribution in [0.5, 0.6) is 5.75 Å². The summed E-state index contributed by atoms with van der Waals surface area (Å²) in [6.45, 7) is 7.07. The summed E-state index contributed by atoms with van der Waals surface area (Å²) < 4.78 is 31.7. The van der Waals surface area contributed by atoms with Crippen LogP contribution >= 0.6 is 0 Å². The normalized spacial score (nSPS) is 11.1. The number of hydrogen-bond acceptors (Lipinski definition) is 4. The van der Waals surface area contributed by atoms with Crippen LogP contribution in [0.3, 0.4) is 0 Å². The highest BCUT2D eigenvalue weighted by Gasteiger charge is 2.13. The Balaban J connectivity index is 0.000000696. The lowest BCUT2D eigenvalue weighted by molar-refractivity contribution is 0.306. The molecule has 3 aromatic rings. The third-order valence-electron chi connectivity index (χ3n) is 4.37. The van der Waals surface area contributed by atoms with Gasteiger partial charge in [-0.3, -0.25) is 9.96 Å². The molecule has 0 bridgehead atoms. The number of nitrogens with one attached hydrogen (secondary N) is 3. The zero-order valence-corrected chi connectivity index (χ0v) is 20.1. The Morgan fingerprint density at radius 3 is 2.06 bits per heavy atom. The molecule has 33 heavy (non-hydrogen) atoms. The predicted octanol–water partition coefficient (Wildman–Crippen LogP) is 5.53. The summed E-state index contributed by atoms with van der Waals surface area (Å²) >= 11 is 0. The van der Waals surface area contributed by atoms with E-state index in [1.165, 1.54) is 5.56 Å². The highest BCUT2D eigenvalue weighted by molar-refractivity contribution is 7.85. The van der Waals surface area contributed by atoms with E-state index in [0.29, 0.717) is 12.9 Å². The van der Waals surface area contributed by atoms with E-state index >= 15 is 0 Å². The highest BCUT2D eigenvalue weighted by atomic mass is 32.2. The third kappa shape index (κ3) is 10.7. The van der Waals surface area contributed by atoms with Crippen molar-refractivity contribution in [3.63, 3.8) is 0 Å². The van der Waals surface area contributed by atoms with Crippen LogP contribution in [0.1, 0.15) is 31.9 Å². The molecule has 0 fully saturated rings. The minimum absolute atomic E-state index is 0.116. The molecular formula is C25H31N3O4S. The average Bonchev–Trinajstić information content (AvgIpc) is 2.72. The Kier molecular flexibility index (Phi) is 9.02. The number of rotatable bonds is 5. The molecule has 0 unspecified atom stereocenters.